The first-order valence-electron chi connectivity index (χ1n) is 13.5. The van der Waals surface area contributed by atoms with Crippen LogP contribution < -0.4 is 0 Å². The molecule has 6 heteroatoms. The van der Waals surface area contributed by atoms with Crippen molar-refractivity contribution < 1.29 is 29.6 Å². The summed E-state index contributed by atoms with van der Waals surface area (Å²) in [5.74, 6) is 2.10. The lowest BCUT2D eigenvalue weighted by Crippen LogP contribution is -2.27. The predicted octanol–water partition coefficient (Wildman–Crippen LogP) is 5.43. The summed E-state index contributed by atoms with van der Waals surface area (Å²) in [4.78, 5) is 11.8. The Morgan fingerprint density at radius 1 is 0.794 bits per heavy atom. The van der Waals surface area contributed by atoms with Crippen LogP contribution in [0.3, 0.4) is 0 Å². The van der Waals surface area contributed by atoms with Gasteiger partial charge in [0, 0.05) is 6.42 Å². The summed E-state index contributed by atoms with van der Waals surface area (Å²) in [6.45, 7) is 10.9. The lowest BCUT2D eigenvalue weighted by molar-refractivity contribution is -0.148. The Balaban J connectivity index is 3.77. The van der Waals surface area contributed by atoms with Gasteiger partial charge in [-0.1, -0.05) is 84.3 Å². The molecule has 0 spiro atoms. The highest BCUT2D eigenvalue weighted by Gasteiger charge is 2.11. The van der Waals surface area contributed by atoms with Crippen LogP contribution >= 0.6 is 0 Å². The van der Waals surface area contributed by atoms with E-state index in [2.05, 4.69) is 40.7 Å². The second-order valence-corrected chi connectivity index (χ2v) is 10.7. The summed E-state index contributed by atoms with van der Waals surface area (Å²) in [6.07, 6.45) is 12.8. The molecule has 6 nitrogen and oxygen atoms in total. The molecule has 3 N–H and O–H groups in total. The molecule has 4 unspecified atom stereocenters. The van der Waals surface area contributed by atoms with Crippen LogP contribution in [0.15, 0.2) is 11.6 Å². The number of rotatable bonds is 22. The maximum Gasteiger partial charge on any atom is 0.306 e. The molecule has 0 saturated heterocycles. The third-order valence-corrected chi connectivity index (χ3v) is 6.25. The van der Waals surface area contributed by atoms with E-state index in [9.17, 15) is 9.90 Å². The molecule has 0 radical (unpaired) electrons. The first kappa shape index (κ1) is 33.0. The van der Waals surface area contributed by atoms with Crippen LogP contribution in [-0.4, -0.2) is 59.9 Å². The lowest BCUT2D eigenvalue weighted by Gasteiger charge is -2.15. The van der Waals surface area contributed by atoms with Crippen molar-refractivity contribution in [2.45, 2.75) is 117 Å². The van der Waals surface area contributed by atoms with Gasteiger partial charge in [0.1, 0.15) is 18.8 Å². The van der Waals surface area contributed by atoms with Crippen LogP contribution in [0.5, 0.6) is 0 Å². The molecule has 0 aliphatic carbocycles. The molecule has 0 aliphatic rings. The van der Waals surface area contributed by atoms with Crippen LogP contribution in [0.25, 0.3) is 0 Å². The van der Waals surface area contributed by atoms with Gasteiger partial charge in [0.2, 0.25) is 0 Å². The molecule has 0 aromatic rings. The van der Waals surface area contributed by atoms with E-state index in [1.54, 1.807) is 0 Å². The normalized spacial score (nSPS) is 15.9. The van der Waals surface area contributed by atoms with E-state index >= 15 is 0 Å². The van der Waals surface area contributed by atoms with Crippen LogP contribution in [0, 0.1) is 17.8 Å². The molecule has 0 rings (SSSR count). The topological polar surface area (TPSA) is 96.2 Å². The third-order valence-electron chi connectivity index (χ3n) is 6.25. The summed E-state index contributed by atoms with van der Waals surface area (Å²) in [6, 6.07) is 0. The van der Waals surface area contributed by atoms with Crippen molar-refractivity contribution in [3.05, 3.63) is 11.6 Å². The first-order valence-corrected chi connectivity index (χ1v) is 13.5. The van der Waals surface area contributed by atoms with E-state index < -0.39 is 18.8 Å². The number of ether oxygens (including phenoxy) is 2. The highest BCUT2D eigenvalue weighted by atomic mass is 16.5. The minimum absolute atomic E-state index is 0.0565. The molecule has 0 amide bonds. The van der Waals surface area contributed by atoms with E-state index in [0.717, 1.165) is 24.2 Å². The minimum atomic E-state index is -0.967. The Bertz CT molecular complexity index is 519. The third kappa shape index (κ3) is 21.6. The van der Waals surface area contributed by atoms with Crippen molar-refractivity contribution in [2.24, 2.45) is 17.8 Å². The van der Waals surface area contributed by atoms with Crippen LogP contribution in [0.4, 0.5) is 0 Å². The molecule has 202 valence electrons. The Hall–Kier alpha value is -0.950. The fraction of sp³-hybridized carbons (Fsp3) is 0.893. The van der Waals surface area contributed by atoms with Crippen molar-refractivity contribution in [3.63, 3.8) is 0 Å². The average Bonchev–Trinajstić information content (AvgIpc) is 2.77. The maximum absolute atomic E-state index is 11.8. The predicted molar refractivity (Wildman–Crippen MR) is 139 cm³/mol. The molecule has 0 fully saturated rings. The SMILES string of the molecule is C/C(=C\CCC(=O)OCC(O)COCC(O)CO)CCCC(C)CCCC(C)CCCC(C)C. The zero-order valence-electron chi connectivity index (χ0n) is 22.6. The highest BCUT2D eigenvalue weighted by Crippen LogP contribution is 2.22. The monoisotopic (exact) mass is 486 g/mol. The molecule has 0 saturated carbocycles. The number of hydrogen-bond donors (Lipinski definition) is 3. The van der Waals surface area contributed by atoms with Gasteiger partial charge in [-0.3, -0.25) is 4.79 Å². The summed E-state index contributed by atoms with van der Waals surface area (Å²) < 4.78 is 10.1. The van der Waals surface area contributed by atoms with Gasteiger partial charge in [0.05, 0.1) is 19.8 Å². The fourth-order valence-electron chi connectivity index (χ4n) is 3.95. The van der Waals surface area contributed by atoms with E-state index in [1.165, 1.54) is 56.9 Å². The Labute approximate surface area is 209 Å². The Morgan fingerprint density at radius 3 is 1.94 bits per heavy atom. The van der Waals surface area contributed by atoms with E-state index in [-0.39, 0.29) is 25.8 Å². The maximum atomic E-state index is 11.8. The molecule has 4 atom stereocenters. The largest absolute Gasteiger partial charge is 0.463 e. The van der Waals surface area contributed by atoms with Gasteiger partial charge in [0.25, 0.3) is 0 Å². The molecule has 0 aromatic carbocycles. The van der Waals surface area contributed by atoms with Crippen LogP contribution in [0.1, 0.15) is 105 Å². The smallest absolute Gasteiger partial charge is 0.306 e. The zero-order valence-corrected chi connectivity index (χ0v) is 22.6. The summed E-state index contributed by atoms with van der Waals surface area (Å²) in [5.41, 5.74) is 1.31. The van der Waals surface area contributed by atoms with Crippen LogP contribution in [0.2, 0.25) is 0 Å². The van der Waals surface area contributed by atoms with Crippen molar-refractivity contribution in [3.8, 4) is 0 Å². The second-order valence-electron chi connectivity index (χ2n) is 10.7. The number of esters is 1. The Morgan fingerprint density at radius 2 is 1.35 bits per heavy atom. The minimum Gasteiger partial charge on any atom is -0.463 e. The van der Waals surface area contributed by atoms with Crippen molar-refractivity contribution in [1.29, 1.82) is 0 Å². The van der Waals surface area contributed by atoms with Gasteiger partial charge in [-0.05, 0) is 43.9 Å². The quantitative estimate of drug-likeness (QED) is 0.140. The van der Waals surface area contributed by atoms with E-state index in [1.807, 2.05) is 0 Å². The highest BCUT2D eigenvalue weighted by molar-refractivity contribution is 5.69. The van der Waals surface area contributed by atoms with Gasteiger partial charge >= 0.3 is 5.97 Å². The Kier molecular flexibility index (Phi) is 20.7. The number of allylic oxidation sites excluding steroid dienone is 2. The number of aliphatic hydroxyl groups excluding tert-OH is 3. The summed E-state index contributed by atoms with van der Waals surface area (Å²) in [7, 11) is 0. The average molecular weight is 487 g/mol. The number of carbonyl (C=O) groups excluding carboxylic acids is 1. The van der Waals surface area contributed by atoms with Gasteiger partial charge in [-0.2, -0.15) is 0 Å². The number of carbonyl (C=O) groups is 1. The van der Waals surface area contributed by atoms with Gasteiger partial charge < -0.3 is 24.8 Å². The standard InChI is InChI=1S/C28H54O6/c1-22(2)10-6-11-23(3)12-7-13-24(4)14-8-15-25(5)16-9-17-28(32)34-21-27(31)20-33-19-26(30)18-29/h16,22-24,26-27,29-31H,6-15,17-21H2,1-5H3/b25-16+. The molecule has 0 aromatic heterocycles. The lowest BCUT2D eigenvalue weighted by atomic mass is 9.91. The summed E-state index contributed by atoms with van der Waals surface area (Å²) in [5, 5.41) is 27.6. The fourth-order valence-corrected chi connectivity index (χ4v) is 3.95. The molecule has 0 bridgehead atoms. The molecular weight excluding hydrogens is 432 g/mol. The molecule has 0 aliphatic heterocycles. The second kappa shape index (κ2) is 21.3. The molecule has 0 heterocycles. The van der Waals surface area contributed by atoms with Crippen molar-refractivity contribution >= 4 is 5.97 Å². The summed E-state index contributed by atoms with van der Waals surface area (Å²) >= 11 is 0. The van der Waals surface area contributed by atoms with Gasteiger partial charge in [-0.15, -0.1) is 0 Å². The number of aliphatic hydroxyl groups is 3. The van der Waals surface area contributed by atoms with Crippen molar-refractivity contribution in [2.75, 3.05) is 26.4 Å². The van der Waals surface area contributed by atoms with Gasteiger partial charge in [-0.25, -0.2) is 0 Å². The van der Waals surface area contributed by atoms with Gasteiger partial charge in [0.15, 0.2) is 0 Å². The molecule has 34 heavy (non-hydrogen) atoms. The number of hydrogen-bond acceptors (Lipinski definition) is 6. The van der Waals surface area contributed by atoms with E-state index in [0.29, 0.717) is 12.8 Å². The molecular formula is C28H54O6. The zero-order chi connectivity index (χ0) is 25.8. The van der Waals surface area contributed by atoms with Crippen molar-refractivity contribution in [1.82, 2.24) is 0 Å². The van der Waals surface area contributed by atoms with E-state index in [4.69, 9.17) is 19.7 Å². The van der Waals surface area contributed by atoms with Crippen LogP contribution in [-0.2, 0) is 14.3 Å². The first-order chi connectivity index (χ1) is 16.1.